The van der Waals surface area contributed by atoms with E-state index in [1.807, 2.05) is 31.1 Å². The van der Waals surface area contributed by atoms with Gasteiger partial charge in [-0.15, -0.1) is 0 Å². The van der Waals surface area contributed by atoms with Crippen LogP contribution >= 0.6 is 0 Å². The third kappa shape index (κ3) is 3.51. The number of nitrogens with zero attached hydrogens (tertiary/aromatic N) is 2. The Morgan fingerprint density at radius 2 is 2.25 bits per heavy atom. The van der Waals surface area contributed by atoms with Gasteiger partial charge in [-0.2, -0.15) is 0 Å². The average molecular weight is 223 g/mol. The van der Waals surface area contributed by atoms with E-state index in [-0.39, 0.29) is 5.91 Å². The van der Waals surface area contributed by atoms with Gasteiger partial charge in [-0.05, 0) is 12.1 Å². The third-order valence-electron chi connectivity index (χ3n) is 2.02. The van der Waals surface area contributed by atoms with Crippen molar-refractivity contribution in [2.75, 3.05) is 39.3 Å². The first-order valence-corrected chi connectivity index (χ1v) is 5.06. The number of anilines is 1. The number of hydrogen-bond donors (Lipinski definition) is 1. The van der Waals surface area contributed by atoms with E-state index in [1.54, 1.807) is 13.2 Å². The highest BCUT2D eigenvalue weighted by Gasteiger charge is 2.07. The molecule has 0 saturated heterocycles. The molecule has 0 aliphatic carbocycles. The lowest BCUT2D eigenvalue weighted by Crippen LogP contribution is -2.28. The summed E-state index contributed by atoms with van der Waals surface area (Å²) in [7, 11) is 5.36. The molecule has 1 heterocycles. The molecule has 0 aliphatic heterocycles. The Balaban J connectivity index is 2.64. The van der Waals surface area contributed by atoms with Crippen LogP contribution in [0, 0.1) is 0 Å². The van der Waals surface area contributed by atoms with Crippen LogP contribution in [0.2, 0.25) is 0 Å². The van der Waals surface area contributed by atoms with E-state index in [1.165, 1.54) is 0 Å². The molecular formula is C11H17N3O2. The molecule has 5 nitrogen and oxygen atoms in total. The number of carbonyl (C=O) groups is 1. The highest BCUT2D eigenvalue weighted by molar-refractivity contribution is 5.92. The fourth-order valence-corrected chi connectivity index (χ4v) is 1.16. The van der Waals surface area contributed by atoms with E-state index in [2.05, 4.69) is 10.3 Å². The summed E-state index contributed by atoms with van der Waals surface area (Å²) in [5.74, 6) is 0.583. The molecule has 0 saturated carbocycles. The molecule has 0 bridgehead atoms. The Morgan fingerprint density at radius 3 is 2.88 bits per heavy atom. The molecule has 1 aromatic heterocycles. The van der Waals surface area contributed by atoms with Crippen LogP contribution in [0.4, 0.5) is 5.82 Å². The van der Waals surface area contributed by atoms with Crippen molar-refractivity contribution in [1.82, 2.24) is 10.3 Å². The van der Waals surface area contributed by atoms with Crippen molar-refractivity contribution in [3.05, 3.63) is 23.9 Å². The summed E-state index contributed by atoms with van der Waals surface area (Å²) >= 11 is 0. The second-order valence-electron chi connectivity index (χ2n) is 3.52. The number of hydrogen-bond acceptors (Lipinski definition) is 4. The van der Waals surface area contributed by atoms with Crippen molar-refractivity contribution in [3.8, 4) is 0 Å². The molecule has 0 atom stereocenters. The van der Waals surface area contributed by atoms with Gasteiger partial charge in [-0.25, -0.2) is 4.98 Å². The molecule has 0 radical (unpaired) electrons. The molecule has 0 aromatic carbocycles. The molecule has 88 valence electrons. The molecule has 0 fully saturated rings. The molecule has 0 aliphatic rings. The van der Waals surface area contributed by atoms with E-state index in [9.17, 15) is 4.79 Å². The van der Waals surface area contributed by atoms with Gasteiger partial charge in [-0.3, -0.25) is 4.79 Å². The van der Waals surface area contributed by atoms with Gasteiger partial charge in [0.25, 0.3) is 5.91 Å². The average Bonchev–Trinajstić information content (AvgIpc) is 2.29. The first-order valence-electron chi connectivity index (χ1n) is 5.06. The maximum Gasteiger partial charge on any atom is 0.270 e. The number of rotatable bonds is 5. The number of carbonyl (C=O) groups excluding carboxylic acids is 1. The number of methoxy groups -OCH3 is 1. The second-order valence-corrected chi connectivity index (χ2v) is 3.52. The Kier molecular flexibility index (Phi) is 4.72. The number of aromatic nitrogens is 1. The Bertz CT molecular complexity index is 353. The number of nitrogens with one attached hydrogen (secondary N) is 1. The van der Waals surface area contributed by atoms with Crippen molar-refractivity contribution in [2.45, 2.75) is 0 Å². The van der Waals surface area contributed by atoms with Gasteiger partial charge in [0, 0.05) is 27.7 Å². The normalized spacial score (nSPS) is 9.94. The zero-order valence-electron chi connectivity index (χ0n) is 9.86. The minimum Gasteiger partial charge on any atom is -0.383 e. The smallest absolute Gasteiger partial charge is 0.270 e. The molecular weight excluding hydrogens is 206 g/mol. The summed E-state index contributed by atoms with van der Waals surface area (Å²) in [6, 6.07) is 5.36. The lowest BCUT2D eigenvalue weighted by atomic mass is 10.3. The van der Waals surface area contributed by atoms with E-state index in [0.717, 1.165) is 5.82 Å². The second kappa shape index (κ2) is 6.07. The number of pyridine rings is 1. The fraction of sp³-hybridized carbons (Fsp3) is 0.455. The van der Waals surface area contributed by atoms with Crippen LogP contribution < -0.4 is 10.2 Å². The van der Waals surface area contributed by atoms with Crippen molar-refractivity contribution in [2.24, 2.45) is 0 Å². The van der Waals surface area contributed by atoms with Crippen molar-refractivity contribution >= 4 is 11.7 Å². The lowest BCUT2D eigenvalue weighted by molar-refractivity contribution is 0.0932. The SMILES string of the molecule is COCCNC(=O)c1cccc(N(C)C)n1. The number of amides is 1. The molecule has 1 amide bonds. The predicted molar refractivity (Wildman–Crippen MR) is 62.8 cm³/mol. The minimum absolute atomic E-state index is 0.180. The van der Waals surface area contributed by atoms with Crippen LogP contribution in [0.15, 0.2) is 18.2 Å². The zero-order valence-corrected chi connectivity index (χ0v) is 9.86. The van der Waals surface area contributed by atoms with Crippen LogP contribution in [0.1, 0.15) is 10.5 Å². The lowest BCUT2D eigenvalue weighted by Gasteiger charge is -2.12. The van der Waals surface area contributed by atoms with Crippen LogP contribution in [0.3, 0.4) is 0 Å². The van der Waals surface area contributed by atoms with Gasteiger partial charge in [0.15, 0.2) is 0 Å². The Labute approximate surface area is 95.4 Å². The monoisotopic (exact) mass is 223 g/mol. The van der Waals surface area contributed by atoms with Gasteiger partial charge in [-0.1, -0.05) is 6.07 Å². The first kappa shape index (κ1) is 12.4. The summed E-state index contributed by atoms with van der Waals surface area (Å²) in [5, 5.41) is 2.72. The largest absolute Gasteiger partial charge is 0.383 e. The predicted octanol–water partition coefficient (Wildman–Crippen LogP) is 0.524. The Hall–Kier alpha value is -1.62. The quantitative estimate of drug-likeness (QED) is 0.740. The molecule has 1 aromatic rings. The van der Waals surface area contributed by atoms with Crippen LogP contribution in [-0.4, -0.2) is 45.2 Å². The number of ether oxygens (including phenoxy) is 1. The van der Waals surface area contributed by atoms with Crippen molar-refractivity contribution in [3.63, 3.8) is 0 Å². The molecule has 0 spiro atoms. The summed E-state index contributed by atoms with van der Waals surface area (Å²) in [6.07, 6.45) is 0. The summed E-state index contributed by atoms with van der Waals surface area (Å²) in [5.41, 5.74) is 0.419. The van der Waals surface area contributed by atoms with E-state index < -0.39 is 0 Å². The summed E-state index contributed by atoms with van der Waals surface area (Å²) in [4.78, 5) is 17.7. The van der Waals surface area contributed by atoms with Crippen LogP contribution in [0.25, 0.3) is 0 Å². The Morgan fingerprint density at radius 1 is 1.50 bits per heavy atom. The minimum atomic E-state index is -0.180. The van der Waals surface area contributed by atoms with Gasteiger partial charge < -0.3 is 15.0 Å². The van der Waals surface area contributed by atoms with Gasteiger partial charge in [0.1, 0.15) is 11.5 Å². The standard InChI is InChI=1S/C11H17N3O2/c1-14(2)10-6-4-5-9(13-10)11(15)12-7-8-16-3/h4-6H,7-8H2,1-3H3,(H,12,15). The topological polar surface area (TPSA) is 54.5 Å². The van der Waals surface area contributed by atoms with Crippen LogP contribution in [-0.2, 0) is 4.74 Å². The molecule has 1 rings (SSSR count). The molecule has 0 unspecified atom stereocenters. The molecule has 5 heteroatoms. The summed E-state index contributed by atoms with van der Waals surface area (Å²) < 4.78 is 4.85. The van der Waals surface area contributed by atoms with Crippen LogP contribution in [0.5, 0.6) is 0 Å². The maximum absolute atomic E-state index is 11.6. The van der Waals surface area contributed by atoms with Gasteiger partial charge >= 0.3 is 0 Å². The van der Waals surface area contributed by atoms with Crippen molar-refractivity contribution in [1.29, 1.82) is 0 Å². The first-order chi connectivity index (χ1) is 7.65. The summed E-state index contributed by atoms with van der Waals surface area (Å²) in [6.45, 7) is 0.988. The fourth-order valence-electron chi connectivity index (χ4n) is 1.16. The molecule has 16 heavy (non-hydrogen) atoms. The van der Waals surface area contributed by atoms with E-state index in [0.29, 0.717) is 18.8 Å². The van der Waals surface area contributed by atoms with E-state index >= 15 is 0 Å². The van der Waals surface area contributed by atoms with E-state index in [4.69, 9.17) is 4.74 Å². The zero-order chi connectivity index (χ0) is 12.0. The van der Waals surface area contributed by atoms with Gasteiger partial charge in [0.2, 0.25) is 0 Å². The van der Waals surface area contributed by atoms with Gasteiger partial charge in [0.05, 0.1) is 6.61 Å². The highest BCUT2D eigenvalue weighted by atomic mass is 16.5. The molecule has 1 N–H and O–H groups in total. The maximum atomic E-state index is 11.6. The highest BCUT2D eigenvalue weighted by Crippen LogP contribution is 2.07. The third-order valence-corrected chi connectivity index (χ3v) is 2.02. The van der Waals surface area contributed by atoms with Crippen molar-refractivity contribution < 1.29 is 9.53 Å².